The van der Waals surface area contributed by atoms with Crippen LogP contribution in [0.2, 0.25) is 0 Å². The Morgan fingerprint density at radius 1 is 1.16 bits per heavy atom. The van der Waals surface area contributed by atoms with Gasteiger partial charge in [-0.3, -0.25) is 4.90 Å². The van der Waals surface area contributed by atoms with Gasteiger partial charge in [0.25, 0.3) is 0 Å². The van der Waals surface area contributed by atoms with Gasteiger partial charge in [0.1, 0.15) is 22.8 Å². The molecular formula is C19H24N2O4. The largest absolute Gasteiger partial charge is 0.495 e. The SMILES string of the molecule is COC(=O)c1cc(CN2CCN(c3ccccc3OC)CC2)oc1C. The number of hydrogen-bond acceptors (Lipinski definition) is 6. The molecule has 0 radical (unpaired) electrons. The third-order valence-corrected chi connectivity index (χ3v) is 4.55. The summed E-state index contributed by atoms with van der Waals surface area (Å²) >= 11 is 0. The molecule has 0 atom stereocenters. The van der Waals surface area contributed by atoms with E-state index in [1.807, 2.05) is 18.2 Å². The van der Waals surface area contributed by atoms with Gasteiger partial charge in [-0.1, -0.05) is 12.1 Å². The maximum absolute atomic E-state index is 11.7. The number of carbonyl (C=O) groups excluding carboxylic acids is 1. The van der Waals surface area contributed by atoms with Crippen LogP contribution in [0.1, 0.15) is 21.9 Å². The summed E-state index contributed by atoms with van der Waals surface area (Å²) in [6.45, 7) is 6.16. The minimum Gasteiger partial charge on any atom is -0.495 e. The summed E-state index contributed by atoms with van der Waals surface area (Å²) in [6.07, 6.45) is 0. The molecule has 25 heavy (non-hydrogen) atoms. The molecule has 0 saturated carbocycles. The molecule has 3 rings (SSSR count). The van der Waals surface area contributed by atoms with Crippen LogP contribution in [0.5, 0.6) is 5.75 Å². The molecule has 0 spiro atoms. The van der Waals surface area contributed by atoms with Crippen LogP contribution in [0.15, 0.2) is 34.7 Å². The van der Waals surface area contributed by atoms with Gasteiger partial charge in [-0.2, -0.15) is 0 Å². The molecular weight excluding hydrogens is 320 g/mol. The van der Waals surface area contributed by atoms with E-state index < -0.39 is 0 Å². The number of nitrogens with zero attached hydrogens (tertiary/aromatic N) is 2. The molecule has 2 aromatic rings. The van der Waals surface area contributed by atoms with Crippen molar-refractivity contribution in [2.75, 3.05) is 45.3 Å². The van der Waals surface area contributed by atoms with Gasteiger partial charge < -0.3 is 18.8 Å². The van der Waals surface area contributed by atoms with Crippen LogP contribution in [-0.4, -0.2) is 51.3 Å². The second kappa shape index (κ2) is 7.61. The van der Waals surface area contributed by atoms with Gasteiger partial charge in [-0.25, -0.2) is 4.79 Å². The Kier molecular flexibility index (Phi) is 5.28. The molecule has 1 aromatic carbocycles. The van der Waals surface area contributed by atoms with Crippen molar-refractivity contribution in [1.82, 2.24) is 4.90 Å². The zero-order chi connectivity index (χ0) is 17.8. The number of methoxy groups -OCH3 is 2. The van der Waals surface area contributed by atoms with E-state index in [9.17, 15) is 4.79 Å². The standard InChI is InChI=1S/C19H24N2O4/c1-14-16(19(22)24-3)12-15(25-14)13-20-8-10-21(11-9-20)17-6-4-5-7-18(17)23-2/h4-7,12H,8-11,13H2,1-3H3. The zero-order valence-electron chi connectivity index (χ0n) is 14.9. The number of esters is 1. The summed E-state index contributed by atoms with van der Waals surface area (Å²) < 4.78 is 15.9. The van der Waals surface area contributed by atoms with Gasteiger partial charge in [0.05, 0.1) is 26.5 Å². The topological polar surface area (TPSA) is 55.2 Å². The number of rotatable bonds is 5. The summed E-state index contributed by atoms with van der Waals surface area (Å²) in [7, 11) is 3.08. The normalized spacial score (nSPS) is 15.2. The predicted molar refractivity (Wildman–Crippen MR) is 95.3 cm³/mol. The third-order valence-electron chi connectivity index (χ3n) is 4.55. The van der Waals surface area contributed by atoms with Gasteiger partial charge in [0, 0.05) is 26.2 Å². The van der Waals surface area contributed by atoms with E-state index in [0.717, 1.165) is 43.4 Å². The van der Waals surface area contributed by atoms with Crippen LogP contribution in [0.25, 0.3) is 0 Å². The molecule has 1 fully saturated rings. The number of furan rings is 1. The molecule has 0 unspecified atom stereocenters. The summed E-state index contributed by atoms with van der Waals surface area (Å²) in [5, 5.41) is 0. The second-order valence-corrected chi connectivity index (χ2v) is 6.11. The van der Waals surface area contributed by atoms with Crippen molar-refractivity contribution in [2.24, 2.45) is 0 Å². The van der Waals surface area contributed by atoms with Crippen molar-refractivity contribution in [2.45, 2.75) is 13.5 Å². The predicted octanol–water partition coefficient (Wildman–Crippen LogP) is 2.71. The van der Waals surface area contributed by atoms with E-state index in [1.54, 1.807) is 20.1 Å². The minimum absolute atomic E-state index is 0.353. The lowest BCUT2D eigenvalue weighted by Gasteiger charge is -2.36. The summed E-state index contributed by atoms with van der Waals surface area (Å²) in [5.74, 6) is 1.95. The molecule has 2 heterocycles. The van der Waals surface area contributed by atoms with Crippen molar-refractivity contribution < 1.29 is 18.7 Å². The molecule has 6 nitrogen and oxygen atoms in total. The fraction of sp³-hybridized carbons (Fsp3) is 0.421. The first-order valence-corrected chi connectivity index (χ1v) is 8.40. The highest BCUT2D eigenvalue weighted by atomic mass is 16.5. The number of benzene rings is 1. The van der Waals surface area contributed by atoms with Gasteiger partial charge in [0.2, 0.25) is 0 Å². The van der Waals surface area contributed by atoms with E-state index in [4.69, 9.17) is 13.9 Å². The Morgan fingerprint density at radius 2 is 1.88 bits per heavy atom. The van der Waals surface area contributed by atoms with Gasteiger partial charge in [-0.15, -0.1) is 0 Å². The fourth-order valence-electron chi connectivity index (χ4n) is 3.19. The monoisotopic (exact) mass is 344 g/mol. The number of carbonyl (C=O) groups is 1. The Morgan fingerprint density at radius 3 is 2.56 bits per heavy atom. The lowest BCUT2D eigenvalue weighted by atomic mass is 10.2. The number of para-hydroxylation sites is 2. The fourth-order valence-corrected chi connectivity index (χ4v) is 3.19. The number of anilines is 1. The van der Waals surface area contributed by atoms with Gasteiger partial charge in [-0.05, 0) is 25.1 Å². The average Bonchev–Trinajstić information content (AvgIpc) is 3.02. The molecule has 1 saturated heterocycles. The number of aryl methyl sites for hydroxylation is 1. The van der Waals surface area contributed by atoms with Crippen molar-refractivity contribution in [3.63, 3.8) is 0 Å². The van der Waals surface area contributed by atoms with Crippen LogP contribution in [0.4, 0.5) is 5.69 Å². The Labute approximate surface area is 147 Å². The Balaban J connectivity index is 1.60. The molecule has 134 valence electrons. The summed E-state index contributed by atoms with van der Waals surface area (Å²) in [4.78, 5) is 16.3. The molecule has 1 aliphatic heterocycles. The van der Waals surface area contributed by atoms with Gasteiger partial charge in [0.15, 0.2) is 0 Å². The molecule has 6 heteroatoms. The van der Waals surface area contributed by atoms with Crippen LogP contribution < -0.4 is 9.64 Å². The number of hydrogen-bond donors (Lipinski definition) is 0. The number of ether oxygens (including phenoxy) is 2. The number of piperazine rings is 1. The van der Waals surface area contributed by atoms with Crippen LogP contribution in [0, 0.1) is 6.92 Å². The maximum atomic E-state index is 11.7. The van der Waals surface area contributed by atoms with Crippen LogP contribution >= 0.6 is 0 Å². The van der Waals surface area contributed by atoms with E-state index in [-0.39, 0.29) is 5.97 Å². The second-order valence-electron chi connectivity index (χ2n) is 6.11. The lowest BCUT2D eigenvalue weighted by molar-refractivity contribution is 0.0599. The van der Waals surface area contributed by atoms with E-state index in [1.165, 1.54) is 7.11 Å². The van der Waals surface area contributed by atoms with Crippen molar-refractivity contribution in [1.29, 1.82) is 0 Å². The summed E-state index contributed by atoms with van der Waals surface area (Å²) in [6, 6.07) is 9.88. The van der Waals surface area contributed by atoms with E-state index in [2.05, 4.69) is 15.9 Å². The van der Waals surface area contributed by atoms with Crippen LogP contribution in [0.3, 0.4) is 0 Å². The first kappa shape index (κ1) is 17.4. The smallest absolute Gasteiger partial charge is 0.341 e. The highest BCUT2D eigenvalue weighted by molar-refractivity contribution is 5.90. The van der Waals surface area contributed by atoms with Crippen molar-refractivity contribution >= 4 is 11.7 Å². The van der Waals surface area contributed by atoms with E-state index in [0.29, 0.717) is 17.9 Å². The summed E-state index contributed by atoms with van der Waals surface area (Å²) in [5.41, 5.74) is 1.64. The van der Waals surface area contributed by atoms with Crippen molar-refractivity contribution in [3.8, 4) is 5.75 Å². The first-order valence-electron chi connectivity index (χ1n) is 8.40. The Bertz CT molecular complexity index is 733. The highest BCUT2D eigenvalue weighted by Crippen LogP contribution is 2.28. The lowest BCUT2D eigenvalue weighted by Crippen LogP contribution is -2.46. The maximum Gasteiger partial charge on any atom is 0.341 e. The molecule has 0 amide bonds. The Hall–Kier alpha value is -2.47. The molecule has 0 aliphatic carbocycles. The zero-order valence-corrected chi connectivity index (χ0v) is 14.9. The molecule has 0 bridgehead atoms. The van der Waals surface area contributed by atoms with Gasteiger partial charge >= 0.3 is 5.97 Å². The highest BCUT2D eigenvalue weighted by Gasteiger charge is 2.22. The third kappa shape index (κ3) is 3.79. The molecule has 0 N–H and O–H groups in total. The quantitative estimate of drug-likeness (QED) is 0.778. The minimum atomic E-state index is -0.353. The van der Waals surface area contributed by atoms with E-state index >= 15 is 0 Å². The molecule has 1 aliphatic rings. The van der Waals surface area contributed by atoms with Crippen LogP contribution in [-0.2, 0) is 11.3 Å². The molecule has 1 aromatic heterocycles. The van der Waals surface area contributed by atoms with Crippen molar-refractivity contribution in [3.05, 3.63) is 47.4 Å². The first-order chi connectivity index (χ1) is 12.1. The average molecular weight is 344 g/mol.